The number of nitrogens with one attached hydrogen (secondary N) is 2. The molecule has 1 atom stereocenters. The summed E-state index contributed by atoms with van der Waals surface area (Å²) >= 11 is 0. The Hall–Kier alpha value is -2.37. The molecule has 128 valence electrons. The van der Waals surface area contributed by atoms with Gasteiger partial charge in [0.15, 0.2) is 6.35 Å². The van der Waals surface area contributed by atoms with E-state index in [1.807, 2.05) is 36.4 Å². The highest BCUT2D eigenvalue weighted by Crippen LogP contribution is 2.15. The lowest BCUT2D eigenvalue weighted by molar-refractivity contribution is -0.124. The van der Waals surface area contributed by atoms with E-state index in [1.54, 1.807) is 6.92 Å². The first-order valence-electron chi connectivity index (χ1n) is 8.05. The minimum absolute atomic E-state index is 0.199. The van der Waals surface area contributed by atoms with E-state index in [0.29, 0.717) is 19.6 Å². The van der Waals surface area contributed by atoms with Crippen LogP contribution < -0.4 is 15.4 Å². The molecule has 0 aromatic heterocycles. The van der Waals surface area contributed by atoms with Crippen LogP contribution in [0.15, 0.2) is 48.5 Å². The van der Waals surface area contributed by atoms with E-state index in [4.69, 9.17) is 4.74 Å². The van der Waals surface area contributed by atoms with Gasteiger partial charge in [0.2, 0.25) is 5.91 Å². The predicted molar refractivity (Wildman–Crippen MR) is 93.2 cm³/mol. The summed E-state index contributed by atoms with van der Waals surface area (Å²) in [7, 11) is 0. The van der Waals surface area contributed by atoms with Crippen molar-refractivity contribution >= 4 is 5.91 Å². The molecule has 2 rings (SSSR count). The fraction of sp³-hybridized carbons (Fsp3) is 0.316. The Morgan fingerprint density at radius 3 is 2.54 bits per heavy atom. The molecule has 5 nitrogen and oxygen atoms in total. The maximum Gasteiger partial charge on any atom is 0.222 e. The number of carbonyl (C=O) groups is 1. The number of ether oxygens (including phenoxy) is 1. The van der Waals surface area contributed by atoms with Gasteiger partial charge in [-0.2, -0.15) is 0 Å². The quantitative estimate of drug-likeness (QED) is 0.651. The third-order valence-electron chi connectivity index (χ3n) is 3.70. The lowest BCUT2D eigenvalue weighted by atomic mass is 10.1. The number of rotatable bonds is 8. The van der Waals surface area contributed by atoms with Gasteiger partial charge in [-0.25, -0.2) is 0 Å². The molecule has 0 aliphatic carbocycles. The summed E-state index contributed by atoms with van der Waals surface area (Å²) in [4.78, 5) is 11.2. The maximum atomic E-state index is 11.2. The standard InChI is InChI=1S/C19H24N2O3/c1-3-18(22)21-19(23)20-12-15-8-10-17(11-9-15)24-13-16-7-5-4-6-14(16)2/h4-11,19-20,23H,3,12-13H2,1-2H3,(H,21,22). The third kappa shape index (κ3) is 5.68. The van der Waals surface area contributed by atoms with Crippen molar-refractivity contribution < 1.29 is 14.6 Å². The molecule has 3 N–H and O–H groups in total. The second-order valence-corrected chi connectivity index (χ2v) is 5.56. The maximum absolute atomic E-state index is 11.2. The van der Waals surface area contributed by atoms with Crippen molar-refractivity contribution in [3.63, 3.8) is 0 Å². The highest BCUT2D eigenvalue weighted by molar-refractivity contribution is 5.75. The lowest BCUT2D eigenvalue weighted by Gasteiger charge is -2.14. The number of benzene rings is 2. The molecule has 0 fully saturated rings. The summed E-state index contributed by atoms with van der Waals surface area (Å²) in [5.74, 6) is 0.594. The molecule has 5 heteroatoms. The molecule has 24 heavy (non-hydrogen) atoms. The molecular weight excluding hydrogens is 304 g/mol. The molecular formula is C19H24N2O3. The van der Waals surface area contributed by atoms with Crippen molar-refractivity contribution in [3.05, 3.63) is 65.2 Å². The van der Waals surface area contributed by atoms with Crippen LogP contribution in [0.4, 0.5) is 0 Å². The Kier molecular flexibility index (Phi) is 6.78. The minimum Gasteiger partial charge on any atom is -0.489 e. The van der Waals surface area contributed by atoms with E-state index in [2.05, 4.69) is 29.7 Å². The zero-order chi connectivity index (χ0) is 17.4. The van der Waals surface area contributed by atoms with Gasteiger partial charge in [0.05, 0.1) is 0 Å². The van der Waals surface area contributed by atoms with E-state index in [0.717, 1.165) is 16.9 Å². The second kappa shape index (κ2) is 9.05. The molecule has 0 radical (unpaired) electrons. The average Bonchev–Trinajstić information content (AvgIpc) is 2.60. The molecule has 0 saturated heterocycles. The van der Waals surface area contributed by atoms with Gasteiger partial charge in [-0.05, 0) is 35.7 Å². The van der Waals surface area contributed by atoms with Gasteiger partial charge in [0.1, 0.15) is 12.4 Å². The normalized spacial score (nSPS) is 11.8. The first-order chi connectivity index (χ1) is 11.6. The van der Waals surface area contributed by atoms with Crippen molar-refractivity contribution in [2.45, 2.75) is 39.8 Å². The van der Waals surface area contributed by atoms with E-state index >= 15 is 0 Å². The number of amides is 1. The van der Waals surface area contributed by atoms with Gasteiger partial charge in [-0.1, -0.05) is 43.3 Å². The van der Waals surface area contributed by atoms with Crippen LogP contribution in [0.5, 0.6) is 5.75 Å². The number of hydrogen-bond donors (Lipinski definition) is 3. The molecule has 1 unspecified atom stereocenters. The second-order valence-electron chi connectivity index (χ2n) is 5.56. The number of aliphatic hydroxyl groups is 1. The molecule has 0 spiro atoms. The van der Waals surface area contributed by atoms with Crippen molar-refractivity contribution in [1.29, 1.82) is 0 Å². The van der Waals surface area contributed by atoms with E-state index in [9.17, 15) is 9.90 Å². The number of aryl methyl sites for hydroxylation is 1. The Balaban J connectivity index is 1.80. The van der Waals surface area contributed by atoms with Crippen LogP contribution in [0.1, 0.15) is 30.0 Å². The largest absolute Gasteiger partial charge is 0.489 e. The molecule has 0 bridgehead atoms. The van der Waals surface area contributed by atoms with Crippen molar-refractivity contribution in [2.24, 2.45) is 0 Å². The smallest absolute Gasteiger partial charge is 0.222 e. The Morgan fingerprint density at radius 2 is 1.88 bits per heavy atom. The number of carbonyl (C=O) groups excluding carboxylic acids is 1. The predicted octanol–water partition coefficient (Wildman–Crippen LogP) is 2.47. The molecule has 0 aliphatic rings. The van der Waals surface area contributed by atoms with Gasteiger partial charge in [-0.15, -0.1) is 0 Å². The first-order valence-corrected chi connectivity index (χ1v) is 8.05. The van der Waals surface area contributed by atoms with E-state index < -0.39 is 6.35 Å². The zero-order valence-corrected chi connectivity index (χ0v) is 14.1. The van der Waals surface area contributed by atoms with Gasteiger partial charge >= 0.3 is 0 Å². The topological polar surface area (TPSA) is 70.6 Å². The fourth-order valence-electron chi connectivity index (χ4n) is 2.16. The van der Waals surface area contributed by atoms with Crippen LogP contribution in [0.2, 0.25) is 0 Å². The van der Waals surface area contributed by atoms with Crippen LogP contribution in [-0.2, 0) is 17.9 Å². The molecule has 2 aromatic carbocycles. The molecule has 0 saturated carbocycles. The van der Waals surface area contributed by atoms with Crippen LogP contribution in [0, 0.1) is 6.92 Å². The van der Waals surface area contributed by atoms with Crippen molar-refractivity contribution in [3.8, 4) is 5.75 Å². The van der Waals surface area contributed by atoms with Gasteiger partial charge in [0, 0.05) is 13.0 Å². The van der Waals surface area contributed by atoms with Crippen LogP contribution in [0.25, 0.3) is 0 Å². The first kappa shape index (κ1) is 18.0. The molecule has 1 amide bonds. The van der Waals surface area contributed by atoms with Crippen molar-refractivity contribution in [2.75, 3.05) is 0 Å². The Morgan fingerprint density at radius 1 is 1.17 bits per heavy atom. The summed E-state index contributed by atoms with van der Waals surface area (Å²) < 4.78 is 5.79. The third-order valence-corrected chi connectivity index (χ3v) is 3.70. The molecule has 0 aliphatic heterocycles. The van der Waals surface area contributed by atoms with Gasteiger partial charge in [0.25, 0.3) is 0 Å². The highest BCUT2D eigenvalue weighted by atomic mass is 16.5. The minimum atomic E-state index is -1.05. The lowest BCUT2D eigenvalue weighted by Crippen LogP contribution is -2.44. The van der Waals surface area contributed by atoms with Crippen molar-refractivity contribution in [1.82, 2.24) is 10.6 Å². The van der Waals surface area contributed by atoms with Crippen LogP contribution in [-0.4, -0.2) is 17.4 Å². The molecule has 0 heterocycles. The summed E-state index contributed by atoms with van der Waals surface area (Å²) in [6.07, 6.45) is -0.708. The average molecular weight is 328 g/mol. The fourth-order valence-corrected chi connectivity index (χ4v) is 2.16. The summed E-state index contributed by atoms with van der Waals surface area (Å²) in [5, 5.41) is 14.9. The van der Waals surface area contributed by atoms with Crippen LogP contribution >= 0.6 is 0 Å². The van der Waals surface area contributed by atoms with Crippen LogP contribution in [0.3, 0.4) is 0 Å². The molecule has 2 aromatic rings. The summed E-state index contributed by atoms with van der Waals surface area (Å²) in [5.41, 5.74) is 3.36. The number of aliphatic hydroxyl groups excluding tert-OH is 1. The Labute approximate surface area is 142 Å². The monoisotopic (exact) mass is 328 g/mol. The highest BCUT2D eigenvalue weighted by Gasteiger charge is 2.06. The summed E-state index contributed by atoms with van der Waals surface area (Å²) in [6.45, 7) is 4.78. The summed E-state index contributed by atoms with van der Waals surface area (Å²) in [6, 6.07) is 15.8. The van der Waals surface area contributed by atoms with Gasteiger partial charge in [-0.3, -0.25) is 10.1 Å². The zero-order valence-electron chi connectivity index (χ0n) is 14.1. The Bertz CT molecular complexity index is 656. The van der Waals surface area contributed by atoms with E-state index in [1.165, 1.54) is 5.56 Å². The van der Waals surface area contributed by atoms with Gasteiger partial charge < -0.3 is 15.2 Å². The SMILES string of the molecule is CCC(=O)NC(O)NCc1ccc(OCc2ccccc2C)cc1. The van der Waals surface area contributed by atoms with E-state index in [-0.39, 0.29) is 5.91 Å². The number of hydrogen-bond acceptors (Lipinski definition) is 4.